The van der Waals surface area contributed by atoms with Gasteiger partial charge in [0.1, 0.15) is 5.82 Å². The zero-order valence-electron chi connectivity index (χ0n) is 8.23. The Balaban J connectivity index is 2.12. The number of aryl methyl sites for hydroxylation is 2. The SMILES string of the molecule is Cc1ncc2n1CC(CC(=O)O)CC2. The molecule has 1 aliphatic rings. The lowest BCUT2D eigenvalue weighted by Crippen LogP contribution is -2.22. The van der Waals surface area contributed by atoms with Crippen molar-refractivity contribution in [1.29, 1.82) is 0 Å². The Labute approximate surface area is 82.6 Å². The van der Waals surface area contributed by atoms with Crippen LogP contribution in [-0.4, -0.2) is 20.6 Å². The lowest BCUT2D eigenvalue weighted by atomic mass is 9.95. The number of fused-ring (bicyclic) bond motifs is 1. The van der Waals surface area contributed by atoms with Crippen molar-refractivity contribution in [3.63, 3.8) is 0 Å². The fourth-order valence-corrected chi connectivity index (χ4v) is 2.08. The lowest BCUT2D eigenvalue weighted by Gasteiger charge is -2.23. The summed E-state index contributed by atoms with van der Waals surface area (Å²) in [5.41, 5.74) is 1.24. The highest BCUT2D eigenvalue weighted by atomic mass is 16.4. The van der Waals surface area contributed by atoms with Gasteiger partial charge in [-0.1, -0.05) is 0 Å². The quantitative estimate of drug-likeness (QED) is 0.770. The van der Waals surface area contributed by atoms with E-state index in [1.165, 1.54) is 5.69 Å². The number of carboxylic acid groups (broad SMARTS) is 1. The van der Waals surface area contributed by atoms with Crippen molar-refractivity contribution < 1.29 is 9.90 Å². The maximum Gasteiger partial charge on any atom is 0.303 e. The minimum atomic E-state index is -0.698. The maximum absolute atomic E-state index is 10.6. The second-order valence-electron chi connectivity index (χ2n) is 3.91. The second kappa shape index (κ2) is 3.44. The van der Waals surface area contributed by atoms with Gasteiger partial charge in [0.05, 0.1) is 0 Å². The van der Waals surface area contributed by atoms with Crippen molar-refractivity contribution in [2.75, 3.05) is 0 Å². The van der Waals surface area contributed by atoms with E-state index in [4.69, 9.17) is 5.11 Å². The van der Waals surface area contributed by atoms with Gasteiger partial charge in [0.25, 0.3) is 0 Å². The van der Waals surface area contributed by atoms with E-state index in [9.17, 15) is 4.79 Å². The van der Waals surface area contributed by atoms with Crippen LogP contribution in [0.15, 0.2) is 6.20 Å². The summed E-state index contributed by atoms with van der Waals surface area (Å²) in [5.74, 6) is 0.569. The number of nitrogens with zero attached hydrogens (tertiary/aromatic N) is 2. The third-order valence-corrected chi connectivity index (χ3v) is 2.85. The molecule has 0 radical (unpaired) electrons. The van der Waals surface area contributed by atoms with Gasteiger partial charge >= 0.3 is 5.97 Å². The van der Waals surface area contributed by atoms with Crippen molar-refractivity contribution >= 4 is 5.97 Å². The van der Waals surface area contributed by atoms with Gasteiger partial charge in [-0.2, -0.15) is 0 Å². The van der Waals surface area contributed by atoms with Crippen molar-refractivity contribution in [3.8, 4) is 0 Å². The van der Waals surface area contributed by atoms with E-state index in [0.29, 0.717) is 0 Å². The molecular formula is C10H14N2O2. The Kier molecular flexibility index (Phi) is 2.27. The number of aliphatic carboxylic acids is 1. The summed E-state index contributed by atoms with van der Waals surface area (Å²) < 4.78 is 2.14. The van der Waals surface area contributed by atoms with Gasteiger partial charge in [0, 0.05) is 24.9 Å². The number of carboxylic acids is 1. The maximum atomic E-state index is 10.6. The number of imidazole rings is 1. The average Bonchev–Trinajstić information content (AvgIpc) is 2.47. The van der Waals surface area contributed by atoms with E-state index in [2.05, 4.69) is 9.55 Å². The standard InChI is InChI=1S/C10H14N2O2/c1-7-11-5-9-3-2-8(4-10(13)14)6-12(7)9/h5,8H,2-4,6H2,1H3,(H,13,14). The molecule has 0 saturated carbocycles. The van der Waals surface area contributed by atoms with Gasteiger partial charge in [-0.05, 0) is 25.7 Å². The Bertz CT molecular complexity index is 357. The average molecular weight is 194 g/mol. The first kappa shape index (κ1) is 9.24. The van der Waals surface area contributed by atoms with Crippen molar-refractivity contribution in [2.24, 2.45) is 5.92 Å². The normalized spacial score (nSPS) is 20.5. The van der Waals surface area contributed by atoms with Crippen LogP contribution in [0.3, 0.4) is 0 Å². The van der Waals surface area contributed by atoms with Crippen LogP contribution in [0.1, 0.15) is 24.4 Å². The van der Waals surface area contributed by atoms with Crippen LogP contribution in [0.4, 0.5) is 0 Å². The lowest BCUT2D eigenvalue weighted by molar-refractivity contribution is -0.138. The Morgan fingerprint density at radius 2 is 2.57 bits per heavy atom. The molecule has 0 aromatic carbocycles. The van der Waals surface area contributed by atoms with E-state index in [0.717, 1.165) is 25.2 Å². The van der Waals surface area contributed by atoms with Crippen LogP contribution >= 0.6 is 0 Å². The molecule has 2 heterocycles. The largest absolute Gasteiger partial charge is 0.481 e. The first-order chi connectivity index (χ1) is 6.66. The van der Waals surface area contributed by atoms with Gasteiger partial charge in [-0.15, -0.1) is 0 Å². The fraction of sp³-hybridized carbons (Fsp3) is 0.600. The molecule has 0 bridgehead atoms. The molecule has 2 rings (SSSR count). The number of hydrogen-bond acceptors (Lipinski definition) is 2. The van der Waals surface area contributed by atoms with Crippen LogP contribution < -0.4 is 0 Å². The highest BCUT2D eigenvalue weighted by Crippen LogP contribution is 2.23. The Morgan fingerprint density at radius 1 is 1.79 bits per heavy atom. The summed E-state index contributed by atoms with van der Waals surface area (Å²) >= 11 is 0. The van der Waals surface area contributed by atoms with E-state index >= 15 is 0 Å². The molecule has 0 aliphatic carbocycles. The number of rotatable bonds is 2. The number of aromatic nitrogens is 2. The minimum Gasteiger partial charge on any atom is -0.481 e. The molecule has 14 heavy (non-hydrogen) atoms. The molecule has 0 amide bonds. The number of carbonyl (C=O) groups is 1. The van der Waals surface area contributed by atoms with E-state index < -0.39 is 5.97 Å². The zero-order valence-corrected chi connectivity index (χ0v) is 8.23. The minimum absolute atomic E-state index is 0.271. The summed E-state index contributed by atoms with van der Waals surface area (Å²) in [4.78, 5) is 14.8. The molecule has 1 aromatic rings. The molecule has 0 fully saturated rings. The summed E-state index contributed by atoms with van der Waals surface area (Å²) in [6.45, 7) is 2.78. The highest BCUT2D eigenvalue weighted by Gasteiger charge is 2.21. The van der Waals surface area contributed by atoms with E-state index in [-0.39, 0.29) is 12.3 Å². The summed E-state index contributed by atoms with van der Waals surface area (Å²) in [7, 11) is 0. The van der Waals surface area contributed by atoms with Crippen LogP contribution in [0, 0.1) is 12.8 Å². The molecule has 1 atom stereocenters. The van der Waals surface area contributed by atoms with Gasteiger partial charge in [0.2, 0.25) is 0 Å². The van der Waals surface area contributed by atoms with Crippen molar-refractivity contribution in [3.05, 3.63) is 17.7 Å². The summed E-state index contributed by atoms with van der Waals surface area (Å²) in [5, 5.41) is 8.71. The van der Waals surface area contributed by atoms with Gasteiger partial charge in [-0.3, -0.25) is 4.79 Å². The van der Waals surface area contributed by atoms with Crippen molar-refractivity contribution in [2.45, 2.75) is 32.7 Å². The molecular weight excluding hydrogens is 180 g/mol. The van der Waals surface area contributed by atoms with Gasteiger partial charge in [-0.25, -0.2) is 4.98 Å². The van der Waals surface area contributed by atoms with Gasteiger partial charge < -0.3 is 9.67 Å². The molecule has 0 saturated heterocycles. The molecule has 0 spiro atoms. The van der Waals surface area contributed by atoms with E-state index in [1.54, 1.807) is 0 Å². The second-order valence-corrected chi connectivity index (χ2v) is 3.91. The predicted octanol–water partition coefficient (Wildman–Crippen LogP) is 1.23. The first-order valence-corrected chi connectivity index (χ1v) is 4.89. The van der Waals surface area contributed by atoms with Crippen LogP contribution in [0.25, 0.3) is 0 Å². The monoisotopic (exact) mass is 194 g/mol. The topological polar surface area (TPSA) is 55.1 Å². The molecule has 1 aromatic heterocycles. The van der Waals surface area contributed by atoms with Crippen LogP contribution in [0.2, 0.25) is 0 Å². The third kappa shape index (κ3) is 1.64. The zero-order chi connectivity index (χ0) is 10.1. The summed E-state index contributed by atoms with van der Waals surface area (Å²) in [6.07, 6.45) is 4.10. The summed E-state index contributed by atoms with van der Waals surface area (Å²) in [6, 6.07) is 0. The molecule has 1 aliphatic heterocycles. The van der Waals surface area contributed by atoms with Crippen LogP contribution in [0.5, 0.6) is 0 Å². The predicted molar refractivity (Wildman–Crippen MR) is 51.0 cm³/mol. The molecule has 4 nitrogen and oxygen atoms in total. The smallest absolute Gasteiger partial charge is 0.303 e. The van der Waals surface area contributed by atoms with E-state index in [1.807, 2.05) is 13.1 Å². The van der Waals surface area contributed by atoms with Gasteiger partial charge in [0.15, 0.2) is 0 Å². The molecule has 1 unspecified atom stereocenters. The van der Waals surface area contributed by atoms with Crippen molar-refractivity contribution in [1.82, 2.24) is 9.55 Å². The highest BCUT2D eigenvalue weighted by molar-refractivity contribution is 5.67. The molecule has 4 heteroatoms. The molecule has 76 valence electrons. The fourth-order valence-electron chi connectivity index (χ4n) is 2.08. The number of hydrogen-bond donors (Lipinski definition) is 1. The molecule has 1 N–H and O–H groups in total. The Hall–Kier alpha value is -1.32. The third-order valence-electron chi connectivity index (χ3n) is 2.85. The first-order valence-electron chi connectivity index (χ1n) is 4.89. The van der Waals surface area contributed by atoms with Crippen LogP contribution in [-0.2, 0) is 17.8 Å². The Morgan fingerprint density at radius 3 is 3.29 bits per heavy atom.